The third-order valence-corrected chi connectivity index (χ3v) is 9.81. The van der Waals surface area contributed by atoms with Gasteiger partial charge >= 0.3 is 0 Å². The molecule has 10 rings (SSSR count). The van der Waals surface area contributed by atoms with Crippen molar-refractivity contribution in [2.24, 2.45) is 0 Å². The average Bonchev–Trinajstić information content (AvgIpc) is 3.54. The maximum Gasteiger partial charge on any atom is 0.143 e. The van der Waals surface area contributed by atoms with Crippen LogP contribution in [0.25, 0.3) is 76.2 Å². The van der Waals surface area contributed by atoms with Crippen LogP contribution in [-0.2, 0) is 0 Å². The molecule has 10 aromatic rings. The number of fused-ring (bicyclic) bond motifs is 9. The van der Waals surface area contributed by atoms with Gasteiger partial charge in [0, 0.05) is 33.2 Å². The van der Waals surface area contributed by atoms with Crippen molar-refractivity contribution in [1.29, 1.82) is 0 Å². The van der Waals surface area contributed by atoms with Crippen LogP contribution in [0.5, 0.6) is 0 Å². The Kier molecular flexibility index (Phi) is 5.91. The van der Waals surface area contributed by atoms with Gasteiger partial charge in [-0.25, -0.2) is 0 Å². The van der Waals surface area contributed by atoms with Crippen LogP contribution >= 0.6 is 0 Å². The number of para-hydroxylation sites is 1. The normalized spacial score (nSPS) is 11.8. The van der Waals surface area contributed by atoms with E-state index < -0.39 is 0 Å². The second-order valence-corrected chi connectivity index (χ2v) is 12.5. The number of anilines is 3. The second-order valence-electron chi connectivity index (χ2n) is 12.5. The zero-order valence-electron chi connectivity index (χ0n) is 26.1. The lowest BCUT2D eigenvalue weighted by Gasteiger charge is -2.26. The highest BCUT2D eigenvalue weighted by Crippen LogP contribution is 2.41. The minimum atomic E-state index is 0.917. The van der Waals surface area contributed by atoms with E-state index in [1.807, 2.05) is 12.1 Å². The predicted molar refractivity (Wildman–Crippen MR) is 204 cm³/mol. The van der Waals surface area contributed by atoms with E-state index in [1.165, 1.54) is 43.4 Å². The number of nitrogens with zero attached hydrogens (tertiary/aromatic N) is 1. The molecule has 0 N–H and O–H groups in total. The van der Waals surface area contributed by atoms with Crippen molar-refractivity contribution in [3.8, 4) is 11.1 Å². The standard InChI is InChI=1S/C46H29NO/c1-3-11-38-30(8-1)10-7-14-40(38)32-18-21-35(22-19-32)47(36-23-26-41-33(28-36)17-16-31-9-2-4-12-39(31)41)37-24-27-42-34(29-37)20-25-44-43-13-5-6-15-45(43)48-46(42)44/h1-29H. The summed E-state index contributed by atoms with van der Waals surface area (Å²) in [7, 11) is 0. The Bertz CT molecular complexity index is 2840. The van der Waals surface area contributed by atoms with Crippen molar-refractivity contribution in [3.05, 3.63) is 176 Å². The molecule has 0 fully saturated rings. The predicted octanol–water partition coefficient (Wildman–Crippen LogP) is 13.3. The first-order valence-electron chi connectivity index (χ1n) is 16.4. The van der Waals surface area contributed by atoms with Crippen LogP contribution in [0, 0.1) is 0 Å². The van der Waals surface area contributed by atoms with Crippen molar-refractivity contribution in [1.82, 2.24) is 0 Å². The van der Waals surface area contributed by atoms with Gasteiger partial charge in [0.2, 0.25) is 0 Å². The summed E-state index contributed by atoms with van der Waals surface area (Å²) in [6.07, 6.45) is 0. The van der Waals surface area contributed by atoms with Gasteiger partial charge in [-0.1, -0.05) is 121 Å². The van der Waals surface area contributed by atoms with Crippen LogP contribution in [-0.4, -0.2) is 0 Å². The smallest absolute Gasteiger partial charge is 0.143 e. The summed E-state index contributed by atoms with van der Waals surface area (Å²) in [5.74, 6) is 0. The van der Waals surface area contributed by atoms with E-state index in [0.717, 1.165) is 49.8 Å². The zero-order valence-corrected chi connectivity index (χ0v) is 26.1. The van der Waals surface area contributed by atoms with E-state index in [2.05, 4.69) is 169 Å². The van der Waals surface area contributed by atoms with Crippen molar-refractivity contribution >= 4 is 82.1 Å². The van der Waals surface area contributed by atoms with Crippen molar-refractivity contribution in [2.75, 3.05) is 4.90 Å². The van der Waals surface area contributed by atoms with E-state index in [1.54, 1.807) is 0 Å². The molecular weight excluding hydrogens is 583 g/mol. The molecule has 0 bridgehead atoms. The molecule has 224 valence electrons. The number of furan rings is 1. The molecule has 0 radical (unpaired) electrons. The van der Waals surface area contributed by atoms with E-state index >= 15 is 0 Å². The van der Waals surface area contributed by atoms with E-state index in [-0.39, 0.29) is 0 Å². The Labute approximate surface area is 277 Å². The fraction of sp³-hybridized carbons (Fsp3) is 0. The Morgan fingerprint density at radius 2 is 0.875 bits per heavy atom. The van der Waals surface area contributed by atoms with Gasteiger partial charge in [-0.15, -0.1) is 0 Å². The summed E-state index contributed by atoms with van der Waals surface area (Å²) >= 11 is 0. The molecule has 0 amide bonds. The number of benzene rings is 9. The SMILES string of the molecule is c1ccc2c(-c3ccc(N(c4ccc5c(ccc6ccccc65)c4)c4ccc5c(ccc6c7ccccc7oc56)c4)cc3)cccc2c1. The lowest BCUT2D eigenvalue weighted by atomic mass is 9.98. The molecule has 2 heteroatoms. The lowest BCUT2D eigenvalue weighted by Crippen LogP contribution is -2.10. The van der Waals surface area contributed by atoms with Crippen molar-refractivity contribution < 1.29 is 4.42 Å². The maximum absolute atomic E-state index is 6.39. The molecular formula is C46H29NO. The van der Waals surface area contributed by atoms with Crippen LogP contribution in [0.4, 0.5) is 17.1 Å². The molecule has 48 heavy (non-hydrogen) atoms. The molecule has 2 nitrogen and oxygen atoms in total. The van der Waals surface area contributed by atoms with Gasteiger partial charge in [0.1, 0.15) is 11.2 Å². The minimum Gasteiger partial charge on any atom is -0.455 e. The number of rotatable bonds is 4. The molecule has 0 atom stereocenters. The minimum absolute atomic E-state index is 0.917. The summed E-state index contributed by atoms with van der Waals surface area (Å²) in [5, 5.41) is 12.1. The van der Waals surface area contributed by atoms with Crippen LogP contribution in [0.2, 0.25) is 0 Å². The Balaban J connectivity index is 1.15. The summed E-state index contributed by atoms with van der Waals surface area (Å²) in [5.41, 5.74) is 7.60. The van der Waals surface area contributed by atoms with Gasteiger partial charge in [0.05, 0.1) is 0 Å². The summed E-state index contributed by atoms with van der Waals surface area (Å²) in [6, 6.07) is 63.4. The lowest BCUT2D eigenvalue weighted by molar-refractivity contribution is 0.672. The topological polar surface area (TPSA) is 16.4 Å². The van der Waals surface area contributed by atoms with Gasteiger partial charge < -0.3 is 9.32 Å². The van der Waals surface area contributed by atoms with Gasteiger partial charge in [0.15, 0.2) is 0 Å². The highest BCUT2D eigenvalue weighted by atomic mass is 16.3. The van der Waals surface area contributed by atoms with Crippen LogP contribution in [0.15, 0.2) is 180 Å². The molecule has 0 spiro atoms. The summed E-state index contributed by atoms with van der Waals surface area (Å²) in [4.78, 5) is 2.36. The molecule has 1 aromatic heterocycles. The fourth-order valence-electron chi connectivity index (χ4n) is 7.49. The largest absolute Gasteiger partial charge is 0.455 e. The quantitative estimate of drug-likeness (QED) is 0.184. The van der Waals surface area contributed by atoms with Crippen LogP contribution < -0.4 is 4.90 Å². The summed E-state index contributed by atoms with van der Waals surface area (Å²) in [6.45, 7) is 0. The molecule has 0 unspecified atom stereocenters. The number of hydrogen-bond acceptors (Lipinski definition) is 2. The van der Waals surface area contributed by atoms with E-state index in [0.29, 0.717) is 0 Å². The second kappa shape index (κ2) is 10.6. The maximum atomic E-state index is 6.39. The van der Waals surface area contributed by atoms with Gasteiger partial charge in [-0.2, -0.15) is 0 Å². The fourth-order valence-corrected chi connectivity index (χ4v) is 7.49. The van der Waals surface area contributed by atoms with Gasteiger partial charge in [-0.3, -0.25) is 0 Å². The van der Waals surface area contributed by atoms with E-state index in [4.69, 9.17) is 4.42 Å². The van der Waals surface area contributed by atoms with Crippen molar-refractivity contribution in [2.45, 2.75) is 0 Å². The van der Waals surface area contributed by atoms with E-state index in [9.17, 15) is 0 Å². The first-order valence-corrected chi connectivity index (χ1v) is 16.4. The van der Waals surface area contributed by atoms with Gasteiger partial charge in [0.25, 0.3) is 0 Å². The number of hydrogen-bond donors (Lipinski definition) is 0. The zero-order chi connectivity index (χ0) is 31.6. The molecule has 9 aromatic carbocycles. The summed E-state index contributed by atoms with van der Waals surface area (Å²) < 4.78 is 6.39. The molecule has 0 aliphatic heterocycles. The molecule has 0 aliphatic carbocycles. The molecule has 0 saturated carbocycles. The van der Waals surface area contributed by atoms with Crippen LogP contribution in [0.1, 0.15) is 0 Å². The third-order valence-electron chi connectivity index (χ3n) is 9.81. The highest BCUT2D eigenvalue weighted by molar-refractivity contribution is 6.15. The monoisotopic (exact) mass is 611 g/mol. The Hall–Kier alpha value is -6.38. The van der Waals surface area contributed by atoms with Crippen molar-refractivity contribution in [3.63, 3.8) is 0 Å². The Morgan fingerprint density at radius 3 is 1.69 bits per heavy atom. The van der Waals surface area contributed by atoms with Gasteiger partial charge in [-0.05, 0) is 103 Å². The first-order chi connectivity index (χ1) is 23.8. The highest BCUT2D eigenvalue weighted by Gasteiger charge is 2.17. The molecule has 0 aliphatic rings. The first kappa shape index (κ1) is 26.8. The Morgan fingerprint density at radius 1 is 0.333 bits per heavy atom. The van der Waals surface area contributed by atoms with Crippen LogP contribution in [0.3, 0.4) is 0 Å². The molecule has 0 saturated heterocycles. The third kappa shape index (κ3) is 4.20. The average molecular weight is 612 g/mol. The molecule has 1 heterocycles.